The van der Waals surface area contributed by atoms with E-state index in [-0.39, 0.29) is 17.4 Å². The van der Waals surface area contributed by atoms with Crippen LogP contribution < -0.4 is 0 Å². The van der Waals surface area contributed by atoms with Crippen molar-refractivity contribution < 1.29 is 4.79 Å². The number of aryl methyl sites for hydroxylation is 1. The average molecular weight is 311 g/mol. The lowest BCUT2D eigenvalue weighted by Gasteiger charge is -2.26. The maximum absolute atomic E-state index is 13.2. The maximum atomic E-state index is 13.2. The van der Waals surface area contributed by atoms with E-state index >= 15 is 0 Å². The Labute approximate surface area is 140 Å². The number of carbonyl (C=O) groups excluding carboxylic acids is 1. The highest BCUT2D eigenvalue weighted by molar-refractivity contribution is 5.84. The average Bonchev–Trinajstić information content (AvgIpc) is 2.86. The van der Waals surface area contributed by atoms with Crippen LogP contribution in [0.25, 0.3) is 0 Å². The second kappa shape index (κ2) is 5.81. The summed E-state index contributed by atoms with van der Waals surface area (Å²) in [4.78, 5) is 15.3. The molecule has 0 spiro atoms. The number of amides is 1. The van der Waals surface area contributed by atoms with Crippen LogP contribution in [0.4, 0.5) is 0 Å². The summed E-state index contributed by atoms with van der Waals surface area (Å²) in [5.41, 5.74) is 3.99. The van der Waals surface area contributed by atoms with E-state index in [1.807, 2.05) is 0 Å². The van der Waals surface area contributed by atoms with Crippen LogP contribution in [0.5, 0.6) is 0 Å². The summed E-state index contributed by atoms with van der Waals surface area (Å²) in [6, 6.07) is 8.92. The van der Waals surface area contributed by atoms with E-state index in [0.717, 1.165) is 19.4 Å². The second-order valence-corrected chi connectivity index (χ2v) is 8.17. The zero-order chi connectivity index (χ0) is 16.8. The van der Waals surface area contributed by atoms with Gasteiger partial charge in [0.1, 0.15) is 0 Å². The minimum atomic E-state index is 0.105. The molecule has 3 rings (SSSR count). The first-order valence-corrected chi connectivity index (χ1v) is 8.84. The van der Waals surface area contributed by atoms with E-state index in [1.54, 1.807) is 0 Å². The van der Waals surface area contributed by atoms with Gasteiger partial charge in [0.15, 0.2) is 0 Å². The van der Waals surface area contributed by atoms with Crippen LogP contribution in [-0.4, -0.2) is 17.4 Å². The fraction of sp³-hybridized carbons (Fsp3) is 0.571. The molecule has 1 heterocycles. The van der Waals surface area contributed by atoms with Gasteiger partial charge in [0.2, 0.25) is 5.91 Å². The molecule has 2 aliphatic rings. The molecule has 0 bridgehead atoms. The van der Waals surface area contributed by atoms with Crippen LogP contribution in [0.3, 0.4) is 0 Å². The number of allylic oxidation sites excluding steroid dienone is 2. The SMILES string of the molecule is CC(C)=C[C@@H]1[C@@H](C(=O)N2CCC[C@@H]2c2cccc(C)c2)C1(C)C. The molecule has 1 aliphatic carbocycles. The number of nitrogens with zero attached hydrogens (tertiary/aromatic N) is 1. The third-order valence-corrected chi connectivity index (χ3v) is 5.65. The molecule has 23 heavy (non-hydrogen) atoms. The summed E-state index contributed by atoms with van der Waals surface area (Å²) in [5, 5.41) is 0. The zero-order valence-electron chi connectivity index (χ0n) is 15.1. The Kier molecular flexibility index (Phi) is 4.12. The molecular weight excluding hydrogens is 282 g/mol. The van der Waals surface area contributed by atoms with Crippen molar-refractivity contribution in [3.8, 4) is 0 Å². The van der Waals surface area contributed by atoms with Crippen LogP contribution in [0.15, 0.2) is 35.9 Å². The van der Waals surface area contributed by atoms with Crippen molar-refractivity contribution in [1.29, 1.82) is 0 Å². The first-order chi connectivity index (χ1) is 10.8. The van der Waals surface area contributed by atoms with Gasteiger partial charge in [0, 0.05) is 6.54 Å². The molecular formula is C21H29NO. The molecule has 1 aliphatic heterocycles. The van der Waals surface area contributed by atoms with Gasteiger partial charge in [-0.3, -0.25) is 4.79 Å². The van der Waals surface area contributed by atoms with E-state index in [2.05, 4.69) is 69.9 Å². The van der Waals surface area contributed by atoms with Gasteiger partial charge in [0.05, 0.1) is 12.0 Å². The van der Waals surface area contributed by atoms with E-state index in [0.29, 0.717) is 11.8 Å². The lowest BCUT2D eigenvalue weighted by molar-refractivity contribution is -0.134. The third kappa shape index (κ3) is 2.96. The Bertz CT molecular complexity index is 639. The van der Waals surface area contributed by atoms with Gasteiger partial charge in [0.25, 0.3) is 0 Å². The molecule has 124 valence electrons. The monoisotopic (exact) mass is 311 g/mol. The van der Waals surface area contributed by atoms with Crippen molar-refractivity contribution in [2.24, 2.45) is 17.3 Å². The molecule has 0 radical (unpaired) electrons. The van der Waals surface area contributed by atoms with Gasteiger partial charge in [-0.05, 0) is 50.5 Å². The van der Waals surface area contributed by atoms with Gasteiger partial charge >= 0.3 is 0 Å². The molecule has 2 nitrogen and oxygen atoms in total. The second-order valence-electron chi connectivity index (χ2n) is 8.17. The fourth-order valence-corrected chi connectivity index (χ4v) is 4.25. The van der Waals surface area contributed by atoms with E-state index < -0.39 is 0 Å². The molecule has 2 fully saturated rings. The van der Waals surface area contributed by atoms with Crippen LogP contribution in [-0.2, 0) is 4.79 Å². The van der Waals surface area contributed by atoms with Crippen LogP contribution in [0.2, 0.25) is 0 Å². The Morgan fingerprint density at radius 2 is 2.04 bits per heavy atom. The van der Waals surface area contributed by atoms with Gasteiger partial charge in [-0.1, -0.05) is 55.3 Å². The molecule has 1 aromatic rings. The number of benzene rings is 1. The summed E-state index contributed by atoms with van der Waals surface area (Å²) in [6.07, 6.45) is 4.50. The number of hydrogen-bond acceptors (Lipinski definition) is 1. The van der Waals surface area contributed by atoms with Crippen molar-refractivity contribution in [1.82, 2.24) is 4.90 Å². The van der Waals surface area contributed by atoms with E-state index in [9.17, 15) is 4.79 Å². The van der Waals surface area contributed by atoms with Crippen LogP contribution in [0, 0.1) is 24.2 Å². The molecule has 0 unspecified atom stereocenters. The van der Waals surface area contributed by atoms with Crippen molar-refractivity contribution in [2.45, 2.75) is 53.5 Å². The topological polar surface area (TPSA) is 20.3 Å². The maximum Gasteiger partial charge on any atom is 0.227 e. The van der Waals surface area contributed by atoms with Gasteiger partial charge in [-0.2, -0.15) is 0 Å². The lowest BCUT2D eigenvalue weighted by Crippen LogP contribution is -2.33. The minimum absolute atomic E-state index is 0.105. The highest BCUT2D eigenvalue weighted by Gasteiger charge is 2.61. The van der Waals surface area contributed by atoms with Gasteiger partial charge < -0.3 is 4.90 Å². The van der Waals surface area contributed by atoms with Gasteiger partial charge in [-0.25, -0.2) is 0 Å². The Hall–Kier alpha value is -1.57. The lowest BCUT2D eigenvalue weighted by atomic mass is 10.0. The predicted octanol–water partition coefficient (Wildman–Crippen LogP) is 4.90. The number of carbonyl (C=O) groups is 1. The molecule has 1 aromatic carbocycles. The Morgan fingerprint density at radius 1 is 1.30 bits per heavy atom. The molecule has 1 amide bonds. The number of likely N-dealkylation sites (tertiary alicyclic amines) is 1. The van der Waals surface area contributed by atoms with Crippen LogP contribution >= 0.6 is 0 Å². The van der Waals surface area contributed by atoms with Gasteiger partial charge in [-0.15, -0.1) is 0 Å². The van der Waals surface area contributed by atoms with Crippen molar-refractivity contribution in [3.63, 3.8) is 0 Å². The highest BCUT2D eigenvalue weighted by Crippen LogP contribution is 2.60. The molecule has 1 saturated heterocycles. The smallest absolute Gasteiger partial charge is 0.227 e. The fourth-order valence-electron chi connectivity index (χ4n) is 4.25. The first kappa shape index (κ1) is 16.3. The van der Waals surface area contributed by atoms with Crippen molar-refractivity contribution in [3.05, 3.63) is 47.0 Å². The molecule has 3 atom stereocenters. The summed E-state index contributed by atoms with van der Waals surface area (Å²) in [7, 11) is 0. The summed E-state index contributed by atoms with van der Waals surface area (Å²) >= 11 is 0. The van der Waals surface area contributed by atoms with Crippen molar-refractivity contribution in [2.75, 3.05) is 6.54 Å². The number of rotatable bonds is 3. The van der Waals surface area contributed by atoms with Crippen LogP contribution in [0.1, 0.15) is 57.7 Å². The van der Waals surface area contributed by atoms with E-state index in [4.69, 9.17) is 0 Å². The number of hydrogen-bond donors (Lipinski definition) is 0. The Morgan fingerprint density at radius 3 is 2.70 bits per heavy atom. The standard InChI is InChI=1S/C21H29NO/c1-14(2)12-17-19(21(17,4)5)20(23)22-11-7-10-18(22)16-9-6-8-15(3)13-16/h6,8-9,12-13,17-19H,7,10-11H2,1-5H3/t17-,18-,19+/m1/s1. The zero-order valence-corrected chi connectivity index (χ0v) is 15.1. The molecule has 0 aromatic heterocycles. The summed E-state index contributed by atoms with van der Waals surface area (Å²) in [6.45, 7) is 11.8. The van der Waals surface area contributed by atoms with E-state index in [1.165, 1.54) is 16.7 Å². The largest absolute Gasteiger partial charge is 0.335 e. The minimum Gasteiger partial charge on any atom is -0.335 e. The molecule has 0 N–H and O–H groups in total. The summed E-state index contributed by atoms with van der Waals surface area (Å²) in [5.74, 6) is 0.920. The predicted molar refractivity (Wildman–Crippen MR) is 95.1 cm³/mol. The van der Waals surface area contributed by atoms with Crippen molar-refractivity contribution >= 4 is 5.91 Å². The quantitative estimate of drug-likeness (QED) is 0.727. The highest BCUT2D eigenvalue weighted by atomic mass is 16.2. The summed E-state index contributed by atoms with van der Waals surface area (Å²) < 4.78 is 0. The first-order valence-electron chi connectivity index (χ1n) is 8.84. The normalized spacial score (nSPS) is 28.6. The third-order valence-electron chi connectivity index (χ3n) is 5.65. The molecule has 2 heteroatoms. The Balaban J connectivity index is 1.81. The molecule has 1 saturated carbocycles.